The summed E-state index contributed by atoms with van der Waals surface area (Å²) in [7, 11) is -1.76. The van der Waals surface area contributed by atoms with Gasteiger partial charge in [0.05, 0.1) is 11.7 Å². The number of rotatable bonds is 4. The number of carbonyl (C=O) groups is 1. The van der Waals surface area contributed by atoms with Gasteiger partial charge in [0.1, 0.15) is 0 Å². The lowest BCUT2D eigenvalue weighted by Gasteiger charge is -2.01. The molecule has 0 fully saturated rings. The Hall–Kier alpha value is -2.68. The summed E-state index contributed by atoms with van der Waals surface area (Å²) in [6, 6.07) is 5.06. The molecule has 0 aliphatic heterocycles. The van der Waals surface area contributed by atoms with Crippen molar-refractivity contribution in [3.63, 3.8) is 0 Å². The molecule has 3 rings (SSSR count). The average molecular weight is 333 g/mol. The van der Waals surface area contributed by atoms with E-state index in [2.05, 4.69) is 15.4 Å². The molecule has 0 atom stereocenters. The van der Waals surface area contributed by atoms with Gasteiger partial charge < -0.3 is 5.32 Å². The number of sulfone groups is 1. The molecule has 0 saturated carbocycles. The Balaban J connectivity index is 1.94. The van der Waals surface area contributed by atoms with Crippen molar-refractivity contribution < 1.29 is 13.2 Å². The molecule has 0 bridgehead atoms. The first-order valence-electron chi connectivity index (χ1n) is 6.79. The Morgan fingerprint density at radius 3 is 2.78 bits per heavy atom. The molecule has 8 nitrogen and oxygen atoms in total. The molecule has 1 amide bonds. The second kappa shape index (κ2) is 5.51. The van der Waals surface area contributed by atoms with Crippen LogP contribution in [0.5, 0.6) is 0 Å². The molecule has 23 heavy (non-hydrogen) atoms. The fourth-order valence-electron chi connectivity index (χ4n) is 2.27. The van der Waals surface area contributed by atoms with Gasteiger partial charge in [-0.05, 0) is 12.1 Å². The number of aromatic nitrogens is 4. The number of nitrogens with one attached hydrogen (secondary N) is 1. The van der Waals surface area contributed by atoms with Gasteiger partial charge in [-0.3, -0.25) is 13.9 Å². The fourth-order valence-corrected chi connectivity index (χ4v) is 3.04. The highest BCUT2D eigenvalue weighted by Crippen LogP contribution is 2.17. The second-order valence-electron chi connectivity index (χ2n) is 5.18. The maximum atomic E-state index is 12.4. The lowest BCUT2D eigenvalue weighted by molar-refractivity contribution is 0.0947. The number of hydrogen-bond acceptors (Lipinski definition) is 5. The predicted molar refractivity (Wildman–Crippen MR) is 82.7 cm³/mol. The van der Waals surface area contributed by atoms with Crippen LogP contribution < -0.4 is 5.32 Å². The number of fused-ring (bicyclic) bond motifs is 1. The van der Waals surface area contributed by atoms with E-state index in [1.54, 1.807) is 48.5 Å². The zero-order valence-electron chi connectivity index (χ0n) is 12.6. The van der Waals surface area contributed by atoms with Gasteiger partial charge in [0, 0.05) is 37.8 Å². The average Bonchev–Trinajstić information content (AvgIpc) is 3.08. The van der Waals surface area contributed by atoms with Gasteiger partial charge in [0.25, 0.3) is 5.91 Å². The first-order valence-corrected chi connectivity index (χ1v) is 8.68. The number of amides is 1. The van der Waals surface area contributed by atoms with E-state index in [1.165, 1.54) is 4.40 Å². The van der Waals surface area contributed by atoms with Crippen LogP contribution in [0.2, 0.25) is 0 Å². The SMILES string of the molecule is Cn1cc(CNC(=O)c2nc(S(C)(=O)=O)n3ccccc23)cn1. The van der Waals surface area contributed by atoms with Crippen LogP contribution in [-0.2, 0) is 23.4 Å². The summed E-state index contributed by atoms with van der Waals surface area (Å²) < 4.78 is 26.7. The first kappa shape index (κ1) is 15.2. The van der Waals surface area contributed by atoms with Crippen molar-refractivity contribution in [1.29, 1.82) is 0 Å². The molecule has 120 valence electrons. The normalized spacial score (nSPS) is 11.7. The lowest BCUT2D eigenvalue weighted by Crippen LogP contribution is -2.23. The van der Waals surface area contributed by atoms with E-state index >= 15 is 0 Å². The lowest BCUT2D eigenvalue weighted by atomic mass is 10.3. The Morgan fingerprint density at radius 2 is 2.13 bits per heavy atom. The van der Waals surface area contributed by atoms with E-state index < -0.39 is 15.7 Å². The van der Waals surface area contributed by atoms with Gasteiger partial charge in [0.15, 0.2) is 5.69 Å². The summed E-state index contributed by atoms with van der Waals surface area (Å²) in [6.07, 6.45) is 6.06. The molecule has 0 spiro atoms. The van der Waals surface area contributed by atoms with Crippen molar-refractivity contribution in [3.8, 4) is 0 Å². The molecular formula is C14H15N5O3S. The Labute approximate surface area is 132 Å². The Morgan fingerprint density at radius 1 is 1.35 bits per heavy atom. The maximum Gasteiger partial charge on any atom is 0.272 e. The maximum absolute atomic E-state index is 12.4. The molecule has 0 aromatic carbocycles. The molecule has 0 aliphatic rings. The highest BCUT2D eigenvalue weighted by Gasteiger charge is 2.22. The zero-order chi connectivity index (χ0) is 16.6. The summed E-state index contributed by atoms with van der Waals surface area (Å²) in [6.45, 7) is 0.284. The smallest absolute Gasteiger partial charge is 0.272 e. The molecule has 0 saturated heterocycles. The van der Waals surface area contributed by atoms with Crippen molar-refractivity contribution in [2.45, 2.75) is 11.7 Å². The molecule has 1 N–H and O–H groups in total. The third-order valence-electron chi connectivity index (χ3n) is 3.27. The van der Waals surface area contributed by atoms with E-state index in [9.17, 15) is 13.2 Å². The third-order valence-corrected chi connectivity index (χ3v) is 4.23. The highest BCUT2D eigenvalue weighted by molar-refractivity contribution is 7.90. The van der Waals surface area contributed by atoms with E-state index in [4.69, 9.17) is 0 Å². The third kappa shape index (κ3) is 2.95. The van der Waals surface area contributed by atoms with Crippen molar-refractivity contribution in [3.05, 3.63) is 48.0 Å². The monoisotopic (exact) mass is 333 g/mol. The van der Waals surface area contributed by atoms with Crippen LogP contribution in [0.1, 0.15) is 16.1 Å². The van der Waals surface area contributed by atoms with E-state index in [-0.39, 0.29) is 17.4 Å². The van der Waals surface area contributed by atoms with Crippen LogP contribution in [0.4, 0.5) is 0 Å². The number of aryl methyl sites for hydroxylation is 1. The van der Waals surface area contributed by atoms with Crippen LogP contribution >= 0.6 is 0 Å². The Kier molecular flexibility index (Phi) is 3.64. The molecule has 0 aliphatic carbocycles. The molecular weight excluding hydrogens is 318 g/mol. The minimum Gasteiger partial charge on any atom is -0.346 e. The van der Waals surface area contributed by atoms with Gasteiger partial charge in [-0.15, -0.1) is 0 Å². The standard InChI is InChI=1S/C14H15N5O3S/c1-18-9-10(8-16-18)7-15-13(20)12-11-5-3-4-6-19(11)14(17-12)23(2,21)22/h3-6,8-9H,7H2,1-2H3,(H,15,20). The number of hydrogen-bond donors (Lipinski definition) is 1. The van der Waals surface area contributed by atoms with Crippen molar-refractivity contribution in [2.75, 3.05) is 6.26 Å². The summed E-state index contributed by atoms with van der Waals surface area (Å²) in [5, 5.41) is 6.59. The summed E-state index contributed by atoms with van der Waals surface area (Å²) >= 11 is 0. The number of nitrogens with zero attached hydrogens (tertiary/aromatic N) is 4. The second-order valence-corrected chi connectivity index (χ2v) is 7.09. The van der Waals surface area contributed by atoms with E-state index in [1.807, 2.05) is 0 Å². The van der Waals surface area contributed by atoms with E-state index in [0.717, 1.165) is 11.8 Å². The van der Waals surface area contributed by atoms with Crippen molar-refractivity contribution in [2.24, 2.45) is 7.05 Å². The summed E-state index contributed by atoms with van der Waals surface area (Å²) in [5.74, 6) is -0.438. The van der Waals surface area contributed by atoms with Crippen LogP contribution in [-0.4, -0.2) is 39.7 Å². The largest absolute Gasteiger partial charge is 0.346 e. The van der Waals surface area contributed by atoms with Crippen molar-refractivity contribution >= 4 is 21.3 Å². The van der Waals surface area contributed by atoms with Crippen LogP contribution in [0.3, 0.4) is 0 Å². The summed E-state index contributed by atoms with van der Waals surface area (Å²) in [5.41, 5.74) is 1.36. The molecule has 3 aromatic heterocycles. The summed E-state index contributed by atoms with van der Waals surface area (Å²) in [4.78, 5) is 16.4. The van der Waals surface area contributed by atoms with Gasteiger partial charge in [-0.25, -0.2) is 13.4 Å². The number of carbonyl (C=O) groups excluding carboxylic acids is 1. The molecule has 9 heteroatoms. The molecule has 3 heterocycles. The first-order chi connectivity index (χ1) is 10.9. The Bertz CT molecular complexity index is 987. The van der Waals surface area contributed by atoms with Gasteiger partial charge >= 0.3 is 0 Å². The quantitative estimate of drug-likeness (QED) is 0.745. The molecule has 0 radical (unpaired) electrons. The van der Waals surface area contributed by atoms with Gasteiger partial charge in [-0.1, -0.05) is 6.07 Å². The number of imidazole rings is 1. The topological polar surface area (TPSA) is 98.4 Å². The van der Waals surface area contributed by atoms with Crippen LogP contribution in [0, 0.1) is 0 Å². The van der Waals surface area contributed by atoms with Gasteiger partial charge in [-0.2, -0.15) is 5.10 Å². The molecule has 3 aromatic rings. The number of pyridine rings is 1. The fraction of sp³-hybridized carbons (Fsp3) is 0.214. The van der Waals surface area contributed by atoms with Crippen molar-refractivity contribution in [1.82, 2.24) is 24.5 Å². The van der Waals surface area contributed by atoms with Crippen LogP contribution in [0.15, 0.2) is 41.9 Å². The zero-order valence-corrected chi connectivity index (χ0v) is 13.4. The van der Waals surface area contributed by atoms with E-state index in [0.29, 0.717) is 5.52 Å². The van der Waals surface area contributed by atoms with Gasteiger partial charge in [0.2, 0.25) is 15.0 Å². The minimum atomic E-state index is -3.55. The minimum absolute atomic E-state index is 0.0786. The van der Waals surface area contributed by atoms with Crippen LogP contribution in [0.25, 0.3) is 5.52 Å². The highest BCUT2D eigenvalue weighted by atomic mass is 32.2. The predicted octanol–water partition coefficient (Wildman–Crippen LogP) is 0.401. The molecule has 0 unspecified atom stereocenters.